The number of para-hydroxylation sites is 1. The third-order valence-electron chi connectivity index (χ3n) is 4.07. The molecule has 5 heteroatoms. The smallest absolute Gasteiger partial charge is 0.197 e. The van der Waals surface area contributed by atoms with Crippen molar-refractivity contribution >= 4 is 45.6 Å². The minimum absolute atomic E-state index is 0.0152. The number of carbonyl (C=O) groups is 1. The number of rotatable bonds is 2. The summed E-state index contributed by atoms with van der Waals surface area (Å²) in [6.07, 6.45) is 1.89. The van der Waals surface area contributed by atoms with Gasteiger partial charge >= 0.3 is 0 Å². The number of hydrogen-bond acceptors (Lipinski definition) is 2. The third kappa shape index (κ3) is 1.93. The maximum absolute atomic E-state index is 12.3. The molecule has 0 bridgehead atoms. The van der Waals surface area contributed by atoms with Gasteiger partial charge in [0.25, 0.3) is 0 Å². The largest absolute Gasteiger partial charge is 0.361 e. The highest BCUT2D eigenvalue weighted by Crippen LogP contribution is 2.43. The number of aromatic nitrogens is 1. The Morgan fingerprint density at radius 3 is 2.55 bits per heavy atom. The van der Waals surface area contributed by atoms with Crippen LogP contribution in [0.5, 0.6) is 0 Å². The van der Waals surface area contributed by atoms with E-state index in [1.165, 1.54) is 0 Å². The van der Waals surface area contributed by atoms with Crippen LogP contribution in [0.4, 0.5) is 5.69 Å². The van der Waals surface area contributed by atoms with E-state index in [9.17, 15) is 4.79 Å². The van der Waals surface area contributed by atoms with Gasteiger partial charge < -0.3 is 9.88 Å². The van der Waals surface area contributed by atoms with Gasteiger partial charge in [0.2, 0.25) is 0 Å². The van der Waals surface area contributed by atoms with Crippen molar-refractivity contribution in [3.05, 3.63) is 65.3 Å². The standard InChI is InChI=1S/C17H12Cl2N2O/c18-10-5-7-11(8-6-10)21-15(16(22)17(21)19)13-9-20-14-4-2-1-3-12(13)14/h1-9,15,17,20H/t15-,17-/m1/s1. The predicted octanol–water partition coefficient (Wildman–Crippen LogP) is 4.52. The average Bonchev–Trinajstić information content (AvgIpc) is 2.96. The normalized spacial score (nSPS) is 21.2. The number of anilines is 1. The zero-order valence-corrected chi connectivity index (χ0v) is 13.0. The third-order valence-corrected chi connectivity index (χ3v) is 4.74. The first kappa shape index (κ1) is 13.7. The van der Waals surface area contributed by atoms with Crippen molar-refractivity contribution in [1.82, 2.24) is 4.98 Å². The molecule has 3 nitrogen and oxygen atoms in total. The number of hydrogen-bond donors (Lipinski definition) is 1. The molecule has 0 unspecified atom stereocenters. The van der Waals surface area contributed by atoms with Crippen molar-refractivity contribution in [3.8, 4) is 0 Å². The van der Waals surface area contributed by atoms with Crippen LogP contribution in [0.15, 0.2) is 54.7 Å². The number of carbonyl (C=O) groups excluding carboxylic acids is 1. The van der Waals surface area contributed by atoms with Crippen molar-refractivity contribution in [3.63, 3.8) is 0 Å². The summed E-state index contributed by atoms with van der Waals surface area (Å²) in [6.45, 7) is 0. The van der Waals surface area contributed by atoms with E-state index in [4.69, 9.17) is 23.2 Å². The average molecular weight is 331 g/mol. The topological polar surface area (TPSA) is 36.1 Å². The zero-order chi connectivity index (χ0) is 15.3. The van der Waals surface area contributed by atoms with Crippen molar-refractivity contribution < 1.29 is 4.79 Å². The lowest BCUT2D eigenvalue weighted by atomic mass is 9.92. The number of halogens is 2. The Hall–Kier alpha value is -1.97. The summed E-state index contributed by atoms with van der Waals surface area (Å²) in [6, 6.07) is 14.9. The van der Waals surface area contributed by atoms with Crippen LogP contribution in [-0.4, -0.2) is 16.3 Å². The molecule has 1 fully saturated rings. The molecular formula is C17H12Cl2N2O. The van der Waals surface area contributed by atoms with Gasteiger partial charge in [-0.25, -0.2) is 0 Å². The molecule has 4 rings (SSSR count). The maximum atomic E-state index is 12.3. The molecule has 0 saturated carbocycles. The van der Waals surface area contributed by atoms with E-state index in [2.05, 4.69) is 4.98 Å². The summed E-state index contributed by atoms with van der Waals surface area (Å²) in [5, 5.41) is 1.70. The molecule has 1 saturated heterocycles. The van der Waals surface area contributed by atoms with Crippen LogP contribution in [0.25, 0.3) is 10.9 Å². The lowest BCUT2D eigenvalue weighted by molar-refractivity contribution is -0.124. The van der Waals surface area contributed by atoms with Crippen molar-refractivity contribution in [2.24, 2.45) is 0 Å². The van der Waals surface area contributed by atoms with Crippen LogP contribution in [0, 0.1) is 0 Å². The molecule has 0 radical (unpaired) electrons. The highest BCUT2D eigenvalue weighted by molar-refractivity contribution is 6.37. The highest BCUT2D eigenvalue weighted by Gasteiger charge is 2.48. The van der Waals surface area contributed by atoms with Crippen LogP contribution < -0.4 is 4.90 Å². The van der Waals surface area contributed by atoms with Gasteiger partial charge in [0, 0.05) is 33.4 Å². The van der Waals surface area contributed by atoms with E-state index in [0.717, 1.165) is 22.2 Å². The second-order valence-corrected chi connectivity index (χ2v) is 6.16. The molecule has 0 aliphatic carbocycles. The number of alkyl halides is 1. The highest BCUT2D eigenvalue weighted by atomic mass is 35.5. The van der Waals surface area contributed by atoms with Gasteiger partial charge in [-0.15, -0.1) is 0 Å². The van der Waals surface area contributed by atoms with Gasteiger partial charge in [0.1, 0.15) is 6.04 Å². The summed E-state index contributed by atoms with van der Waals surface area (Å²) in [7, 11) is 0. The molecule has 22 heavy (non-hydrogen) atoms. The molecular weight excluding hydrogens is 319 g/mol. The molecule has 1 aliphatic heterocycles. The Balaban J connectivity index is 1.79. The first-order valence-corrected chi connectivity index (χ1v) is 7.76. The SMILES string of the molecule is O=C1[C@H](Cl)N(c2ccc(Cl)cc2)[C@@H]1c1c[nH]c2ccccc12. The number of H-pyrrole nitrogens is 1. The van der Waals surface area contributed by atoms with E-state index < -0.39 is 5.50 Å². The van der Waals surface area contributed by atoms with Crippen LogP contribution in [0.3, 0.4) is 0 Å². The van der Waals surface area contributed by atoms with E-state index in [-0.39, 0.29) is 11.8 Å². The van der Waals surface area contributed by atoms with E-state index >= 15 is 0 Å². The van der Waals surface area contributed by atoms with Crippen molar-refractivity contribution in [2.45, 2.75) is 11.5 Å². The number of benzene rings is 2. The summed E-state index contributed by atoms with van der Waals surface area (Å²) in [4.78, 5) is 17.5. The zero-order valence-electron chi connectivity index (χ0n) is 11.5. The van der Waals surface area contributed by atoms with Crippen molar-refractivity contribution in [1.29, 1.82) is 0 Å². The Bertz CT molecular complexity index is 856. The van der Waals surface area contributed by atoms with Gasteiger partial charge in [0.05, 0.1) is 0 Å². The number of Topliss-reactive ketones (excluding diaryl/α,β-unsaturated/α-hetero) is 1. The minimum atomic E-state index is -0.639. The van der Waals surface area contributed by atoms with Crippen LogP contribution in [-0.2, 0) is 4.79 Å². The second-order valence-electron chi connectivity index (χ2n) is 5.31. The number of nitrogens with one attached hydrogen (secondary N) is 1. The fourth-order valence-electron chi connectivity index (χ4n) is 2.97. The van der Waals surface area contributed by atoms with Gasteiger partial charge in [-0.05, 0) is 30.3 Å². The van der Waals surface area contributed by atoms with Gasteiger partial charge in [-0.3, -0.25) is 4.79 Å². The summed E-state index contributed by atoms with van der Waals surface area (Å²) in [5.41, 5.74) is 2.21. The maximum Gasteiger partial charge on any atom is 0.197 e. The van der Waals surface area contributed by atoms with E-state index in [1.54, 1.807) is 12.1 Å². The molecule has 1 N–H and O–H groups in total. The van der Waals surface area contributed by atoms with Crippen LogP contribution >= 0.6 is 23.2 Å². The predicted molar refractivity (Wildman–Crippen MR) is 89.6 cm³/mol. The summed E-state index contributed by atoms with van der Waals surface area (Å²) >= 11 is 12.2. The number of fused-ring (bicyclic) bond motifs is 1. The molecule has 2 aromatic carbocycles. The molecule has 1 aliphatic rings. The lowest BCUT2D eigenvalue weighted by Crippen LogP contribution is -2.56. The number of aromatic amines is 1. The number of ketones is 1. The Labute approximate surface area is 137 Å². The van der Waals surface area contributed by atoms with E-state index in [1.807, 2.05) is 47.5 Å². The Morgan fingerprint density at radius 2 is 1.77 bits per heavy atom. The Kier molecular flexibility index (Phi) is 3.13. The molecule has 3 aromatic rings. The molecule has 0 spiro atoms. The van der Waals surface area contributed by atoms with Gasteiger partial charge in [0.15, 0.2) is 11.3 Å². The summed E-state index contributed by atoms with van der Waals surface area (Å²) < 4.78 is 0. The molecule has 2 atom stereocenters. The second kappa shape index (κ2) is 5.04. The minimum Gasteiger partial charge on any atom is -0.361 e. The van der Waals surface area contributed by atoms with Crippen LogP contribution in [0.2, 0.25) is 5.02 Å². The quantitative estimate of drug-likeness (QED) is 0.554. The monoisotopic (exact) mass is 330 g/mol. The molecule has 1 aromatic heterocycles. The summed E-state index contributed by atoms with van der Waals surface area (Å²) in [5.74, 6) is 0.0152. The van der Waals surface area contributed by atoms with Gasteiger partial charge in [-0.2, -0.15) is 0 Å². The molecule has 110 valence electrons. The molecule has 0 amide bonds. The van der Waals surface area contributed by atoms with E-state index in [0.29, 0.717) is 5.02 Å². The van der Waals surface area contributed by atoms with Gasteiger partial charge in [-0.1, -0.05) is 41.4 Å². The first-order valence-electron chi connectivity index (χ1n) is 6.94. The Morgan fingerprint density at radius 1 is 1.05 bits per heavy atom. The van der Waals surface area contributed by atoms with Crippen LogP contribution in [0.1, 0.15) is 11.6 Å². The molecule has 2 heterocycles. The fourth-order valence-corrected chi connectivity index (χ4v) is 3.44. The first-order chi connectivity index (χ1) is 10.7. The lowest BCUT2D eigenvalue weighted by Gasteiger charge is -2.45. The number of nitrogens with zero attached hydrogens (tertiary/aromatic N) is 1. The van der Waals surface area contributed by atoms with Crippen molar-refractivity contribution in [2.75, 3.05) is 4.90 Å². The fraction of sp³-hybridized carbons (Fsp3) is 0.118.